The van der Waals surface area contributed by atoms with Crippen molar-refractivity contribution in [2.24, 2.45) is 0 Å². The first-order valence-electron chi connectivity index (χ1n) is 10.7. The topological polar surface area (TPSA) is 306 Å². The molecule has 3 fully saturated rings. The first-order chi connectivity index (χ1) is 18.6. The molecule has 2 N–H and O–H groups in total. The van der Waals surface area contributed by atoms with Crippen LogP contribution in [0.1, 0.15) is 0 Å². The van der Waals surface area contributed by atoms with Crippen LogP contribution in [0.5, 0.6) is 11.5 Å². The van der Waals surface area contributed by atoms with E-state index in [0.717, 1.165) is 0 Å². The molecule has 3 saturated heterocycles. The predicted octanol–water partition coefficient (Wildman–Crippen LogP) is 1.85. The van der Waals surface area contributed by atoms with E-state index in [2.05, 4.69) is 9.80 Å². The molecule has 5 rings (SSSR count). The average Bonchev–Trinajstić information content (AvgIpc) is 2.89. The highest BCUT2D eigenvalue weighted by molar-refractivity contribution is 5.65. The van der Waals surface area contributed by atoms with Gasteiger partial charge in [-0.1, -0.05) is 0 Å². The van der Waals surface area contributed by atoms with Crippen LogP contribution in [0.15, 0.2) is 24.3 Å². The highest BCUT2D eigenvalue weighted by atomic mass is 16.7. The van der Waals surface area contributed by atoms with Crippen molar-refractivity contribution in [2.75, 3.05) is 39.3 Å². The highest BCUT2D eigenvalue weighted by Crippen LogP contribution is 2.40. The van der Waals surface area contributed by atoms with Crippen molar-refractivity contribution in [3.05, 3.63) is 85.0 Å². The van der Waals surface area contributed by atoms with Crippen molar-refractivity contribution >= 4 is 34.1 Å². The van der Waals surface area contributed by atoms with E-state index >= 15 is 0 Å². The number of non-ortho nitro benzene ring substituents is 2. The minimum atomic E-state index is -1.21. The molecule has 3 aliphatic heterocycles. The molecule has 2 bridgehead atoms. The minimum Gasteiger partial charge on any atom is -0.497 e. The maximum Gasteiger partial charge on any atom is 0.324 e. The lowest BCUT2D eigenvalue weighted by Gasteiger charge is -2.41. The molecule has 0 atom stereocenters. The highest BCUT2D eigenvalue weighted by Gasteiger charge is 2.31. The molecule has 0 saturated carbocycles. The Balaban J connectivity index is 0.000000221. The smallest absolute Gasteiger partial charge is 0.324 e. The number of piperazine rings is 3. The zero-order valence-corrected chi connectivity index (χ0v) is 19.9. The molecule has 3 heterocycles. The van der Waals surface area contributed by atoms with Crippen LogP contribution < -0.4 is 0 Å². The van der Waals surface area contributed by atoms with Gasteiger partial charge in [0, 0.05) is 39.3 Å². The quantitative estimate of drug-likeness (QED) is 0.369. The van der Waals surface area contributed by atoms with Crippen LogP contribution in [0.25, 0.3) is 0 Å². The Kier molecular flexibility index (Phi) is 9.74. The number of nitro benzene ring substituents is 6. The lowest BCUT2D eigenvalue weighted by atomic mass is 10.2. The van der Waals surface area contributed by atoms with E-state index in [1.165, 1.54) is 39.3 Å². The Labute approximate surface area is 220 Å². The zero-order valence-electron chi connectivity index (χ0n) is 19.9. The summed E-state index contributed by atoms with van der Waals surface area (Å²) >= 11 is 0. The van der Waals surface area contributed by atoms with E-state index in [1.807, 2.05) is 0 Å². The molecule has 0 radical (unpaired) electrons. The molecule has 0 aromatic heterocycles. The molecule has 0 amide bonds. The van der Waals surface area contributed by atoms with Gasteiger partial charge in [-0.15, -0.1) is 0 Å². The Morgan fingerprint density at radius 3 is 0.775 bits per heavy atom. The predicted molar refractivity (Wildman–Crippen MR) is 129 cm³/mol. The van der Waals surface area contributed by atoms with Crippen LogP contribution in [0.3, 0.4) is 0 Å². The number of rotatable bonds is 6. The number of hydrogen-bond donors (Lipinski definition) is 2. The van der Waals surface area contributed by atoms with Gasteiger partial charge in [-0.25, -0.2) is 0 Å². The molecule has 3 aliphatic rings. The largest absolute Gasteiger partial charge is 0.497 e. The summed E-state index contributed by atoms with van der Waals surface area (Å²) in [6.07, 6.45) is 0. The van der Waals surface area contributed by atoms with Crippen molar-refractivity contribution in [3.8, 4) is 11.5 Å². The lowest BCUT2D eigenvalue weighted by Crippen LogP contribution is -2.55. The van der Waals surface area contributed by atoms with Gasteiger partial charge in [-0.3, -0.25) is 70.5 Å². The van der Waals surface area contributed by atoms with E-state index in [4.69, 9.17) is 10.2 Å². The van der Waals surface area contributed by atoms with Gasteiger partial charge >= 0.3 is 22.7 Å². The van der Waals surface area contributed by atoms with Gasteiger partial charge in [0.15, 0.2) is 0 Å². The van der Waals surface area contributed by atoms with Gasteiger partial charge in [-0.05, 0) is 0 Å². The second-order valence-corrected chi connectivity index (χ2v) is 7.89. The lowest BCUT2D eigenvalue weighted by molar-refractivity contribution is -0.404. The summed E-state index contributed by atoms with van der Waals surface area (Å²) < 4.78 is 0. The molecule has 2 aromatic rings. The number of fused-ring (bicyclic) bond motifs is 3. The van der Waals surface area contributed by atoms with Gasteiger partial charge in [0.05, 0.1) is 53.8 Å². The maximum absolute atomic E-state index is 10.4. The first-order valence-corrected chi connectivity index (χ1v) is 10.7. The van der Waals surface area contributed by atoms with Crippen LogP contribution in [0.4, 0.5) is 34.1 Å². The summed E-state index contributed by atoms with van der Waals surface area (Å²) in [6.45, 7) is 7.92. The molecule has 0 unspecified atom stereocenters. The van der Waals surface area contributed by atoms with Crippen molar-refractivity contribution in [2.45, 2.75) is 0 Å². The molecule has 22 heteroatoms. The van der Waals surface area contributed by atoms with Crippen LogP contribution in [0, 0.1) is 60.7 Å². The standard InChI is InChI=1S/2C6H3N3O7.C6H12N2/c2*10-6-4(8(13)14)1-3(7(11)12)2-5(6)9(15)16;1-2-8-5-3-7(1)4-6-8/h2*1-2,10H;1-6H2. The summed E-state index contributed by atoms with van der Waals surface area (Å²) in [5, 5.41) is 80.4. The van der Waals surface area contributed by atoms with Gasteiger partial charge in [0.25, 0.3) is 22.9 Å². The number of benzene rings is 2. The second-order valence-electron chi connectivity index (χ2n) is 7.89. The summed E-state index contributed by atoms with van der Waals surface area (Å²) in [5.74, 6) is -2.42. The Morgan fingerprint density at radius 1 is 0.450 bits per heavy atom. The van der Waals surface area contributed by atoms with Gasteiger partial charge in [0.1, 0.15) is 0 Å². The van der Waals surface area contributed by atoms with Gasteiger partial charge < -0.3 is 10.2 Å². The number of phenols is 2. The van der Waals surface area contributed by atoms with Gasteiger partial charge in [0.2, 0.25) is 0 Å². The molecule has 0 aliphatic carbocycles. The fourth-order valence-corrected chi connectivity index (χ4v) is 3.47. The average molecular weight is 570 g/mol. The van der Waals surface area contributed by atoms with Crippen molar-refractivity contribution in [3.63, 3.8) is 0 Å². The number of hydrogen-bond acceptors (Lipinski definition) is 16. The number of nitrogens with zero attached hydrogens (tertiary/aromatic N) is 8. The van der Waals surface area contributed by atoms with Crippen molar-refractivity contribution in [1.82, 2.24) is 9.80 Å². The fourth-order valence-electron chi connectivity index (χ4n) is 3.47. The van der Waals surface area contributed by atoms with Crippen LogP contribution in [-0.4, -0.2) is 88.8 Å². The third kappa shape index (κ3) is 7.45. The summed E-state index contributed by atoms with van der Waals surface area (Å²) in [5.41, 5.74) is -6.00. The molecule has 0 spiro atoms. The van der Waals surface area contributed by atoms with E-state index in [-0.39, 0.29) is 0 Å². The molecule has 22 nitrogen and oxygen atoms in total. The SMILES string of the molecule is C1CN2CCN1CC2.O=[N+]([O-])c1cc([N+](=O)[O-])c(O)c([N+](=O)[O-])c1.O=[N+]([O-])c1cc([N+](=O)[O-])c(O)c([N+](=O)[O-])c1. The number of aromatic hydroxyl groups is 2. The minimum absolute atomic E-state index is 0.447. The Morgan fingerprint density at radius 2 is 0.650 bits per heavy atom. The summed E-state index contributed by atoms with van der Waals surface area (Å²) in [7, 11) is 0. The molecule has 2 aromatic carbocycles. The second kappa shape index (κ2) is 12.7. The fraction of sp³-hybridized carbons (Fsp3) is 0.333. The maximum atomic E-state index is 10.4. The Bertz CT molecular complexity index is 1190. The van der Waals surface area contributed by atoms with Crippen LogP contribution in [-0.2, 0) is 0 Å². The Hall–Kier alpha value is -5.64. The summed E-state index contributed by atoms with van der Waals surface area (Å²) in [4.78, 5) is 60.6. The molecular weight excluding hydrogens is 552 g/mol. The molecule has 40 heavy (non-hydrogen) atoms. The normalized spacial score (nSPS) is 16.8. The van der Waals surface area contributed by atoms with E-state index in [0.29, 0.717) is 24.3 Å². The van der Waals surface area contributed by atoms with Crippen LogP contribution in [0.2, 0.25) is 0 Å². The third-order valence-electron chi connectivity index (χ3n) is 5.51. The number of phenolic OH excluding ortho intramolecular Hbond substituents is 2. The van der Waals surface area contributed by atoms with Gasteiger partial charge in [-0.2, -0.15) is 0 Å². The van der Waals surface area contributed by atoms with E-state index < -0.39 is 75.2 Å². The monoisotopic (exact) mass is 570 g/mol. The zero-order chi connectivity index (χ0) is 30.3. The van der Waals surface area contributed by atoms with E-state index in [1.54, 1.807) is 0 Å². The van der Waals surface area contributed by atoms with Crippen molar-refractivity contribution < 1.29 is 39.8 Å². The van der Waals surface area contributed by atoms with Crippen molar-refractivity contribution in [1.29, 1.82) is 0 Å². The summed E-state index contributed by atoms with van der Waals surface area (Å²) in [6, 6.07) is 1.79. The number of nitro groups is 6. The van der Waals surface area contributed by atoms with E-state index in [9.17, 15) is 60.7 Å². The third-order valence-corrected chi connectivity index (χ3v) is 5.51. The molecular formula is C18H18N8O14. The first kappa shape index (κ1) is 30.6. The molecule has 214 valence electrons. The van der Waals surface area contributed by atoms with Crippen LogP contribution >= 0.6 is 0 Å².